The molecule has 3 aromatic rings. The van der Waals surface area contributed by atoms with Gasteiger partial charge in [-0.3, -0.25) is 5.10 Å². The van der Waals surface area contributed by atoms with E-state index in [2.05, 4.69) is 38.7 Å². The van der Waals surface area contributed by atoms with Crippen molar-refractivity contribution in [1.82, 2.24) is 15.2 Å². The monoisotopic (exact) mass is 307 g/mol. The van der Waals surface area contributed by atoms with Crippen molar-refractivity contribution >= 4 is 22.4 Å². The van der Waals surface area contributed by atoms with Crippen LogP contribution in [0.25, 0.3) is 22.2 Å². The Morgan fingerprint density at radius 1 is 1.09 bits per heavy atom. The van der Waals surface area contributed by atoms with Gasteiger partial charge < -0.3 is 11.1 Å². The fourth-order valence-electron chi connectivity index (χ4n) is 3.42. The number of hydrogen-bond acceptors (Lipinski definition) is 4. The molecule has 0 unspecified atom stereocenters. The highest BCUT2D eigenvalue weighted by molar-refractivity contribution is 5.95. The zero-order chi connectivity index (χ0) is 15.6. The fraction of sp³-hybridized carbons (Fsp3) is 0.333. The number of H-pyrrole nitrogens is 1. The van der Waals surface area contributed by atoms with E-state index in [9.17, 15) is 0 Å². The number of hydrogen-bond donors (Lipinski definition) is 3. The largest absolute Gasteiger partial charge is 0.384 e. The zero-order valence-corrected chi connectivity index (χ0v) is 13.0. The van der Waals surface area contributed by atoms with Gasteiger partial charge in [0, 0.05) is 34.9 Å². The third-order valence-electron chi connectivity index (χ3n) is 4.61. The Kier molecular flexibility index (Phi) is 3.61. The summed E-state index contributed by atoms with van der Waals surface area (Å²) in [6.45, 7) is 0. The molecule has 4 rings (SSSR count). The first-order valence-electron chi connectivity index (χ1n) is 8.26. The molecule has 4 N–H and O–H groups in total. The first-order chi connectivity index (χ1) is 11.3. The van der Waals surface area contributed by atoms with Crippen LogP contribution < -0.4 is 11.1 Å². The number of pyridine rings is 1. The van der Waals surface area contributed by atoms with Gasteiger partial charge in [0.05, 0.1) is 11.2 Å². The Labute approximate surface area is 135 Å². The number of nitrogen functional groups attached to an aromatic ring is 1. The molecular weight excluding hydrogens is 286 g/mol. The molecule has 1 aliphatic rings. The number of fused-ring (bicyclic) bond motifs is 1. The summed E-state index contributed by atoms with van der Waals surface area (Å²) in [6.07, 6.45) is 8.18. The Morgan fingerprint density at radius 3 is 2.74 bits per heavy atom. The van der Waals surface area contributed by atoms with Crippen molar-refractivity contribution in [3.05, 3.63) is 36.5 Å². The molecule has 5 heteroatoms. The van der Waals surface area contributed by atoms with Gasteiger partial charge in [0.25, 0.3) is 0 Å². The minimum atomic E-state index is 0.543. The highest BCUT2D eigenvalue weighted by Crippen LogP contribution is 2.30. The minimum Gasteiger partial charge on any atom is -0.384 e. The first-order valence-corrected chi connectivity index (χ1v) is 8.26. The van der Waals surface area contributed by atoms with E-state index in [4.69, 9.17) is 5.73 Å². The summed E-state index contributed by atoms with van der Waals surface area (Å²) in [7, 11) is 0. The van der Waals surface area contributed by atoms with Crippen LogP contribution in [0.15, 0.2) is 36.5 Å². The predicted molar refractivity (Wildman–Crippen MR) is 94.2 cm³/mol. The molecule has 1 aliphatic carbocycles. The Balaban J connectivity index is 1.72. The van der Waals surface area contributed by atoms with Crippen LogP contribution in [-0.2, 0) is 0 Å². The number of anilines is 2. The molecule has 0 atom stereocenters. The maximum absolute atomic E-state index is 6.03. The Morgan fingerprint density at radius 2 is 1.96 bits per heavy atom. The van der Waals surface area contributed by atoms with E-state index in [-0.39, 0.29) is 0 Å². The summed E-state index contributed by atoms with van der Waals surface area (Å²) in [5, 5.41) is 11.8. The standard InChI is InChI=1S/C18H21N5/c19-18-11-17(21-13-4-2-1-3-5-13)14-7-6-12(10-16(14)22-18)15-8-9-20-23-15/h6-11,13H,1-5H2,(H,20,23)(H3,19,21,22). The lowest BCUT2D eigenvalue weighted by Gasteiger charge is -2.24. The number of nitrogens with zero attached hydrogens (tertiary/aromatic N) is 2. The van der Waals surface area contributed by atoms with Gasteiger partial charge in [0.1, 0.15) is 5.82 Å². The summed E-state index contributed by atoms with van der Waals surface area (Å²) in [4.78, 5) is 4.50. The summed E-state index contributed by atoms with van der Waals surface area (Å²) in [6, 6.07) is 10.7. The molecule has 0 bridgehead atoms. The third-order valence-corrected chi connectivity index (χ3v) is 4.61. The minimum absolute atomic E-state index is 0.543. The number of aromatic amines is 1. The van der Waals surface area contributed by atoms with E-state index in [1.807, 2.05) is 12.1 Å². The molecule has 1 fully saturated rings. The van der Waals surface area contributed by atoms with Crippen LogP contribution in [0.4, 0.5) is 11.5 Å². The molecule has 0 spiro atoms. The van der Waals surface area contributed by atoms with Gasteiger partial charge in [-0.05, 0) is 25.0 Å². The molecule has 118 valence electrons. The number of aromatic nitrogens is 3. The van der Waals surface area contributed by atoms with E-state index in [1.54, 1.807) is 6.20 Å². The van der Waals surface area contributed by atoms with Gasteiger partial charge in [0.15, 0.2) is 0 Å². The Hall–Kier alpha value is -2.56. The van der Waals surface area contributed by atoms with Crippen LogP contribution in [0.3, 0.4) is 0 Å². The van der Waals surface area contributed by atoms with Crippen molar-refractivity contribution in [2.45, 2.75) is 38.1 Å². The summed E-state index contributed by atoms with van der Waals surface area (Å²) < 4.78 is 0. The van der Waals surface area contributed by atoms with Crippen LogP contribution in [0.5, 0.6) is 0 Å². The van der Waals surface area contributed by atoms with Crippen molar-refractivity contribution in [3.8, 4) is 11.3 Å². The van der Waals surface area contributed by atoms with E-state index >= 15 is 0 Å². The molecule has 0 aliphatic heterocycles. The Bertz CT molecular complexity index is 804. The van der Waals surface area contributed by atoms with E-state index in [0.29, 0.717) is 11.9 Å². The van der Waals surface area contributed by atoms with Gasteiger partial charge in [-0.15, -0.1) is 0 Å². The lowest BCUT2D eigenvalue weighted by molar-refractivity contribution is 0.463. The SMILES string of the molecule is Nc1cc(NC2CCCCC2)c2ccc(-c3ccn[nH]3)cc2n1. The predicted octanol–water partition coefficient (Wildman–Crippen LogP) is 3.95. The van der Waals surface area contributed by atoms with Gasteiger partial charge in [0.2, 0.25) is 0 Å². The van der Waals surface area contributed by atoms with Crippen LogP contribution in [0.2, 0.25) is 0 Å². The van der Waals surface area contributed by atoms with Gasteiger partial charge in [-0.1, -0.05) is 31.4 Å². The second kappa shape index (κ2) is 5.91. The van der Waals surface area contributed by atoms with E-state index in [1.165, 1.54) is 32.1 Å². The van der Waals surface area contributed by atoms with Crippen molar-refractivity contribution in [2.75, 3.05) is 11.1 Å². The number of nitrogens with two attached hydrogens (primary N) is 1. The van der Waals surface area contributed by atoms with Crippen LogP contribution in [0.1, 0.15) is 32.1 Å². The fourth-order valence-corrected chi connectivity index (χ4v) is 3.42. The summed E-state index contributed by atoms with van der Waals surface area (Å²) >= 11 is 0. The molecule has 1 saturated carbocycles. The van der Waals surface area contributed by atoms with Crippen molar-refractivity contribution in [2.24, 2.45) is 0 Å². The van der Waals surface area contributed by atoms with Gasteiger partial charge in [-0.25, -0.2) is 4.98 Å². The maximum atomic E-state index is 6.03. The van der Waals surface area contributed by atoms with Crippen LogP contribution in [-0.4, -0.2) is 21.2 Å². The first kappa shape index (κ1) is 14.1. The average Bonchev–Trinajstić information content (AvgIpc) is 3.09. The number of nitrogens with one attached hydrogen (secondary N) is 2. The third kappa shape index (κ3) is 2.86. The quantitative estimate of drug-likeness (QED) is 0.684. The molecule has 5 nitrogen and oxygen atoms in total. The molecular formula is C18H21N5. The molecule has 23 heavy (non-hydrogen) atoms. The zero-order valence-electron chi connectivity index (χ0n) is 13.0. The molecule has 0 saturated heterocycles. The molecule has 0 amide bonds. The van der Waals surface area contributed by atoms with Crippen molar-refractivity contribution in [3.63, 3.8) is 0 Å². The van der Waals surface area contributed by atoms with Crippen molar-refractivity contribution < 1.29 is 0 Å². The molecule has 2 heterocycles. The normalized spacial score (nSPS) is 15.8. The second-order valence-electron chi connectivity index (χ2n) is 6.28. The van der Waals surface area contributed by atoms with Gasteiger partial charge >= 0.3 is 0 Å². The maximum Gasteiger partial charge on any atom is 0.126 e. The lowest BCUT2D eigenvalue weighted by atomic mass is 9.95. The molecule has 1 aromatic carbocycles. The number of rotatable bonds is 3. The van der Waals surface area contributed by atoms with Crippen LogP contribution >= 0.6 is 0 Å². The van der Waals surface area contributed by atoms with Gasteiger partial charge in [-0.2, -0.15) is 5.10 Å². The van der Waals surface area contributed by atoms with E-state index < -0.39 is 0 Å². The van der Waals surface area contributed by atoms with Crippen LogP contribution in [0, 0.1) is 0 Å². The highest BCUT2D eigenvalue weighted by Gasteiger charge is 2.15. The lowest BCUT2D eigenvalue weighted by Crippen LogP contribution is -2.22. The molecule has 0 radical (unpaired) electrons. The average molecular weight is 307 g/mol. The van der Waals surface area contributed by atoms with E-state index in [0.717, 1.165) is 27.8 Å². The molecule has 2 aromatic heterocycles. The second-order valence-corrected chi connectivity index (χ2v) is 6.28. The summed E-state index contributed by atoms with van der Waals surface area (Å²) in [5.41, 5.74) is 10.1. The summed E-state index contributed by atoms with van der Waals surface area (Å²) in [5.74, 6) is 0.553. The highest BCUT2D eigenvalue weighted by atomic mass is 15.1. The van der Waals surface area contributed by atoms with Crippen molar-refractivity contribution in [1.29, 1.82) is 0 Å². The number of benzene rings is 1. The smallest absolute Gasteiger partial charge is 0.126 e. The topological polar surface area (TPSA) is 79.6 Å².